The second-order valence-corrected chi connectivity index (χ2v) is 10.5. The van der Waals surface area contributed by atoms with Gasteiger partial charge in [0.1, 0.15) is 6.61 Å². The lowest BCUT2D eigenvalue weighted by Gasteiger charge is -2.36. The standard InChI is InChI=1S/C28H30N2O5/c31-26(30-13-16-9-10-17(14-30)25(16)27(32)33)23-11-18(23)12-29-28(34)35-15-24-21-7-3-1-5-19(21)20-6-2-4-8-22(20)24/h1-8,16-18,23-25H,9-15H2,(H,29,34)(H,32,33). The first-order chi connectivity index (χ1) is 17.0. The third kappa shape index (κ3) is 3.97. The van der Waals surface area contributed by atoms with Crippen LogP contribution < -0.4 is 5.32 Å². The molecule has 0 spiro atoms. The average Bonchev–Trinajstić information content (AvgIpc) is 3.51. The monoisotopic (exact) mass is 474 g/mol. The zero-order chi connectivity index (χ0) is 24.1. The van der Waals surface area contributed by atoms with E-state index in [4.69, 9.17) is 4.74 Å². The fraction of sp³-hybridized carbons (Fsp3) is 0.464. The number of alkyl carbamates (subject to hydrolysis) is 1. The maximum Gasteiger partial charge on any atom is 0.407 e. The first kappa shape index (κ1) is 22.1. The highest BCUT2D eigenvalue weighted by molar-refractivity contribution is 5.83. The number of benzene rings is 2. The Morgan fingerprint density at radius 2 is 1.54 bits per heavy atom. The van der Waals surface area contributed by atoms with Crippen LogP contribution in [0.1, 0.15) is 36.3 Å². The van der Waals surface area contributed by atoms with Crippen LogP contribution >= 0.6 is 0 Å². The second kappa shape index (κ2) is 8.70. The highest BCUT2D eigenvalue weighted by Gasteiger charge is 2.51. The molecular formula is C28H30N2O5. The molecule has 0 aromatic heterocycles. The van der Waals surface area contributed by atoms with Crippen LogP contribution in [0.4, 0.5) is 4.79 Å². The van der Waals surface area contributed by atoms with Gasteiger partial charge in [-0.3, -0.25) is 9.59 Å². The van der Waals surface area contributed by atoms with Crippen molar-refractivity contribution in [3.05, 3.63) is 59.7 Å². The van der Waals surface area contributed by atoms with Gasteiger partial charge in [-0.05, 0) is 59.3 Å². The Morgan fingerprint density at radius 3 is 2.14 bits per heavy atom. The molecule has 3 aliphatic carbocycles. The summed E-state index contributed by atoms with van der Waals surface area (Å²) >= 11 is 0. The smallest absolute Gasteiger partial charge is 0.407 e. The number of likely N-dealkylation sites (tertiary alicyclic amines) is 1. The summed E-state index contributed by atoms with van der Waals surface area (Å²) in [6.07, 6.45) is 2.09. The molecule has 2 N–H and O–H groups in total. The van der Waals surface area contributed by atoms with Crippen LogP contribution in [0.15, 0.2) is 48.5 Å². The first-order valence-electron chi connectivity index (χ1n) is 12.6. The van der Waals surface area contributed by atoms with Crippen LogP contribution in [0.25, 0.3) is 11.1 Å². The summed E-state index contributed by atoms with van der Waals surface area (Å²) in [4.78, 5) is 38.8. The van der Waals surface area contributed by atoms with Crippen LogP contribution in [0, 0.1) is 29.6 Å². The Balaban J connectivity index is 0.988. The zero-order valence-electron chi connectivity index (χ0n) is 19.6. The number of hydrogen-bond acceptors (Lipinski definition) is 4. The highest BCUT2D eigenvalue weighted by atomic mass is 16.5. The summed E-state index contributed by atoms with van der Waals surface area (Å²) in [7, 11) is 0. The number of hydrogen-bond donors (Lipinski definition) is 2. The Kier molecular flexibility index (Phi) is 5.50. The normalized spacial score (nSPS) is 28.2. The number of nitrogens with one attached hydrogen (secondary N) is 1. The SMILES string of the molecule is O=C(NCC1CC1C(=O)N1CC2CCC(C1)C2C(=O)O)OCC1c2ccccc2-c2ccccc21. The Bertz CT molecular complexity index is 1120. The second-order valence-electron chi connectivity index (χ2n) is 10.5. The molecule has 7 heteroatoms. The van der Waals surface area contributed by atoms with Crippen molar-refractivity contribution in [1.29, 1.82) is 0 Å². The lowest BCUT2D eigenvalue weighted by molar-refractivity contribution is -0.150. The lowest BCUT2D eigenvalue weighted by atomic mass is 9.85. The fourth-order valence-electron chi connectivity index (χ4n) is 6.68. The molecule has 2 amide bonds. The van der Waals surface area contributed by atoms with Crippen molar-refractivity contribution in [2.75, 3.05) is 26.2 Å². The van der Waals surface area contributed by atoms with Gasteiger partial charge in [-0.15, -0.1) is 0 Å². The zero-order valence-corrected chi connectivity index (χ0v) is 19.6. The topological polar surface area (TPSA) is 95.9 Å². The molecule has 2 aromatic rings. The van der Waals surface area contributed by atoms with Crippen LogP contribution in [-0.2, 0) is 14.3 Å². The van der Waals surface area contributed by atoms with E-state index < -0.39 is 12.1 Å². The van der Waals surface area contributed by atoms with E-state index in [1.165, 1.54) is 22.3 Å². The van der Waals surface area contributed by atoms with E-state index >= 15 is 0 Å². The van der Waals surface area contributed by atoms with E-state index in [2.05, 4.69) is 29.6 Å². The summed E-state index contributed by atoms with van der Waals surface area (Å²) in [5.74, 6) is -0.691. The molecule has 6 rings (SSSR count). The molecule has 182 valence electrons. The third-order valence-electron chi connectivity index (χ3n) is 8.52. The summed E-state index contributed by atoms with van der Waals surface area (Å²) in [5, 5.41) is 12.3. The van der Waals surface area contributed by atoms with E-state index in [1.54, 1.807) is 0 Å². The molecule has 1 aliphatic heterocycles. The molecule has 2 bridgehead atoms. The summed E-state index contributed by atoms with van der Waals surface area (Å²) in [5.41, 5.74) is 4.74. The molecule has 1 saturated heterocycles. The summed E-state index contributed by atoms with van der Waals surface area (Å²) in [6.45, 7) is 1.80. The van der Waals surface area contributed by atoms with E-state index in [0.29, 0.717) is 19.6 Å². The number of piperidine rings is 1. The predicted octanol–water partition coefficient (Wildman–Crippen LogP) is 3.73. The van der Waals surface area contributed by atoms with Gasteiger partial charge in [0.15, 0.2) is 0 Å². The molecule has 2 aromatic carbocycles. The fourth-order valence-corrected chi connectivity index (χ4v) is 6.68. The van der Waals surface area contributed by atoms with Gasteiger partial charge < -0.3 is 20.1 Å². The number of aliphatic carboxylic acids is 1. The molecule has 4 atom stereocenters. The number of rotatable bonds is 6. The molecule has 2 saturated carbocycles. The maximum atomic E-state index is 13.0. The van der Waals surface area contributed by atoms with Gasteiger partial charge in [-0.1, -0.05) is 48.5 Å². The third-order valence-corrected chi connectivity index (χ3v) is 8.52. The lowest BCUT2D eigenvalue weighted by Crippen LogP contribution is -2.48. The summed E-state index contributed by atoms with van der Waals surface area (Å²) < 4.78 is 5.60. The molecule has 3 fully saturated rings. The van der Waals surface area contributed by atoms with Crippen LogP contribution in [0.2, 0.25) is 0 Å². The summed E-state index contributed by atoms with van der Waals surface area (Å²) in [6, 6.07) is 16.5. The molecule has 0 radical (unpaired) electrons. The van der Waals surface area contributed by atoms with Crippen molar-refractivity contribution < 1.29 is 24.2 Å². The number of carbonyl (C=O) groups is 3. The Hall–Kier alpha value is -3.35. The molecule has 35 heavy (non-hydrogen) atoms. The van der Waals surface area contributed by atoms with Crippen molar-refractivity contribution >= 4 is 18.0 Å². The number of fused-ring (bicyclic) bond motifs is 5. The van der Waals surface area contributed by atoms with Gasteiger partial charge in [0.25, 0.3) is 0 Å². The van der Waals surface area contributed by atoms with Gasteiger partial charge in [0.2, 0.25) is 5.91 Å². The molecule has 4 aliphatic rings. The maximum absolute atomic E-state index is 13.0. The molecule has 7 nitrogen and oxygen atoms in total. The average molecular weight is 475 g/mol. The predicted molar refractivity (Wildman–Crippen MR) is 129 cm³/mol. The quantitative estimate of drug-likeness (QED) is 0.665. The van der Waals surface area contributed by atoms with E-state index in [1.807, 2.05) is 29.2 Å². The van der Waals surface area contributed by atoms with Gasteiger partial charge in [-0.2, -0.15) is 0 Å². The minimum atomic E-state index is -0.721. The largest absolute Gasteiger partial charge is 0.481 e. The van der Waals surface area contributed by atoms with Crippen LogP contribution in [-0.4, -0.2) is 54.2 Å². The number of carboxylic acid groups (broad SMARTS) is 1. The van der Waals surface area contributed by atoms with Crippen LogP contribution in [0.5, 0.6) is 0 Å². The van der Waals surface area contributed by atoms with E-state index in [9.17, 15) is 19.5 Å². The number of carboxylic acids is 1. The number of nitrogens with zero attached hydrogens (tertiary/aromatic N) is 1. The minimum absolute atomic E-state index is 0.0208. The van der Waals surface area contributed by atoms with Crippen molar-refractivity contribution in [3.8, 4) is 11.1 Å². The molecule has 4 unspecified atom stereocenters. The highest BCUT2D eigenvalue weighted by Crippen LogP contribution is 2.46. The number of carbonyl (C=O) groups excluding carboxylic acids is 2. The van der Waals surface area contributed by atoms with Crippen molar-refractivity contribution in [2.24, 2.45) is 29.6 Å². The molecule has 1 heterocycles. The van der Waals surface area contributed by atoms with Crippen LogP contribution in [0.3, 0.4) is 0 Å². The van der Waals surface area contributed by atoms with E-state index in [-0.39, 0.29) is 48.0 Å². The van der Waals surface area contributed by atoms with Crippen molar-refractivity contribution in [3.63, 3.8) is 0 Å². The Morgan fingerprint density at radius 1 is 0.943 bits per heavy atom. The van der Waals surface area contributed by atoms with Gasteiger partial charge in [0.05, 0.1) is 5.92 Å². The number of ether oxygens (including phenoxy) is 1. The number of amides is 2. The molecular weight excluding hydrogens is 444 g/mol. The van der Waals surface area contributed by atoms with Crippen molar-refractivity contribution in [2.45, 2.75) is 25.2 Å². The van der Waals surface area contributed by atoms with Gasteiger partial charge in [0, 0.05) is 31.5 Å². The van der Waals surface area contributed by atoms with Crippen molar-refractivity contribution in [1.82, 2.24) is 10.2 Å². The Labute approximate surface area is 204 Å². The van der Waals surface area contributed by atoms with Gasteiger partial charge >= 0.3 is 12.1 Å². The van der Waals surface area contributed by atoms with Gasteiger partial charge in [-0.25, -0.2) is 4.79 Å². The minimum Gasteiger partial charge on any atom is -0.481 e. The first-order valence-corrected chi connectivity index (χ1v) is 12.6. The van der Waals surface area contributed by atoms with E-state index in [0.717, 1.165) is 19.3 Å².